The number of nitrogens with zero attached hydrogens (tertiary/aromatic N) is 8. The molecule has 9 nitrogen and oxygen atoms in total. The van der Waals surface area contributed by atoms with Crippen molar-refractivity contribution in [2.24, 2.45) is 5.73 Å². The molecule has 3 heterocycles. The molecule has 3 aromatic heterocycles. The summed E-state index contributed by atoms with van der Waals surface area (Å²) in [7, 11) is 0. The second-order valence-corrected chi connectivity index (χ2v) is 15.7. The van der Waals surface area contributed by atoms with Gasteiger partial charge in [-0.1, -0.05) is 43.8 Å². The molecule has 6 aromatic rings. The summed E-state index contributed by atoms with van der Waals surface area (Å²) < 4.78 is 7.59. The fraction of sp³-hybridized carbons (Fsp3) is 0.310. The van der Waals surface area contributed by atoms with Gasteiger partial charge in [-0.05, 0) is 154 Å². The highest BCUT2D eigenvalue weighted by Crippen LogP contribution is 2.46. The lowest BCUT2D eigenvalue weighted by Gasteiger charge is -2.09. The standard InChI is InChI=1S/C15H16BrN3.C13H10BrN3.C13H11N3.CH4/c16-14-13(15(17)6-7-15)18-9-19(14)12-3-1-2-11(8-12)10-4-5-10;14-13-12(7-15)16-8-17(13)11-3-1-2-10(6-11)9-4-5-9;14-7-12-8-16(9-15-12)13-3-1-2-11(6-13)10-4-5-10;/h1-3,8-10H,4-7,17H2;1-3,6,8-9H,4-5H2;1-3,6,8-10H,4-5H2;1H4. The minimum atomic E-state index is -0.196. The molecule has 53 heavy (non-hydrogen) atoms. The van der Waals surface area contributed by atoms with E-state index in [9.17, 15) is 0 Å². The Morgan fingerprint density at radius 3 is 1.58 bits per heavy atom. The van der Waals surface area contributed by atoms with Crippen LogP contribution in [0, 0.1) is 22.7 Å². The van der Waals surface area contributed by atoms with Gasteiger partial charge in [-0.3, -0.25) is 9.13 Å². The Balaban J connectivity index is 0.000000123. The van der Waals surface area contributed by atoms with E-state index in [2.05, 4.69) is 118 Å². The summed E-state index contributed by atoms with van der Waals surface area (Å²) in [6.07, 6.45) is 16.9. The average Bonchev–Trinajstić information content (AvgIpc) is 3.98. The van der Waals surface area contributed by atoms with E-state index in [1.807, 2.05) is 33.7 Å². The lowest BCUT2D eigenvalue weighted by Crippen LogP contribution is -2.19. The van der Waals surface area contributed by atoms with Gasteiger partial charge in [0.15, 0.2) is 11.4 Å². The van der Waals surface area contributed by atoms with E-state index in [4.69, 9.17) is 16.3 Å². The molecule has 0 spiro atoms. The summed E-state index contributed by atoms with van der Waals surface area (Å²) in [5, 5.41) is 17.6. The first kappa shape index (κ1) is 36.5. The van der Waals surface area contributed by atoms with Crippen LogP contribution in [0.1, 0.15) is 110 Å². The molecule has 0 radical (unpaired) electrons. The Bertz CT molecular complexity index is 2320. The van der Waals surface area contributed by atoms with Gasteiger partial charge in [0.1, 0.15) is 40.3 Å². The second kappa shape index (κ2) is 15.3. The molecule has 0 unspecified atom stereocenters. The average molecular weight is 832 g/mol. The number of nitriles is 2. The van der Waals surface area contributed by atoms with E-state index < -0.39 is 0 Å². The van der Waals surface area contributed by atoms with Crippen LogP contribution in [-0.4, -0.2) is 28.7 Å². The molecule has 268 valence electrons. The van der Waals surface area contributed by atoms with Crippen molar-refractivity contribution in [1.29, 1.82) is 10.5 Å². The van der Waals surface area contributed by atoms with Crippen molar-refractivity contribution in [1.82, 2.24) is 28.7 Å². The predicted octanol–water partition coefficient (Wildman–Crippen LogP) is 10.1. The van der Waals surface area contributed by atoms with Gasteiger partial charge in [-0.15, -0.1) is 0 Å². The van der Waals surface area contributed by atoms with Crippen LogP contribution in [0.5, 0.6) is 0 Å². The van der Waals surface area contributed by atoms with Gasteiger partial charge in [-0.2, -0.15) is 10.5 Å². The second-order valence-electron chi connectivity index (χ2n) is 14.2. The maximum absolute atomic E-state index is 8.88. The maximum atomic E-state index is 8.88. The van der Waals surface area contributed by atoms with E-state index in [0.29, 0.717) is 16.0 Å². The zero-order valence-corrected chi connectivity index (χ0v) is 31.7. The molecule has 4 fully saturated rings. The molecule has 4 aliphatic carbocycles. The van der Waals surface area contributed by atoms with E-state index in [1.54, 1.807) is 18.9 Å². The number of hydrogen-bond acceptors (Lipinski definition) is 6. The Morgan fingerprint density at radius 2 is 1.13 bits per heavy atom. The zero-order valence-electron chi connectivity index (χ0n) is 28.5. The molecule has 0 bridgehead atoms. The SMILES string of the molecule is C.N#Cc1cn(-c2cccc(C3CC3)c2)cn1.N#Cc1ncn(-c2cccc(C3CC3)c2)c1Br.NC1(c2ncn(-c3cccc(C4CC4)c3)c2Br)CC1. The van der Waals surface area contributed by atoms with Crippen molar-refractivity contribution < 1.29 is 0 Å². The van der Waals surface area contributed by atoms with Crippen molar-refractivity contribution in [3.63, 3.8) is 0 Å². The number of hydrogen-bond donors (Lipinski definition) is 1. The molecule has 0 amide bonds. The first-order chi connectivity index (χ1) is 25.3. The molecule has 0 saturated heterocycles. The monoisotopic (exact) mass is 829 g/mol. The van der Waals surface area contributed by atoms with Gasteiger partial charge in [0.05, 0.1) is 11.2 Å². The van der Waals surface area contributed by atoms with Crippen molar-refractivity contribution in [2.45, 2.75) is 82.1 Å². The van der Waals surface area contributed by atoms with Crippen LogP contribution >= 0.6 is 31.9 Å². The first-order valence-electron chi connectivity index (χ1n) is 17.7. The lowest BCUT2D eigenvalue weighted by molar-refractivity contribution is 0.708. The fourth-order valence-electron chi connectivity index (χ4n) is 6.38. The molecule has 0 aliphatic heterocycles. The van der Waals surface area contributed by atoms with E-state index >= 15 is 0 Å². The highest BCUT2D eigenvalue weighted by atomic mass is 79.9. The molecular formula is C42H41Br2N9. The first-order valence-corrected chi connectivity index (χ1v) is 19.3. The van der Waals surface area contributed by atoms with E-state index in [1.165, 1.54) is 60.9 Å². The normalized spacial score (nSPS) is 16.5. The summed E-state index contributed by atoms with van der Waals surface area (Å²) in [5.41, 5.74) is 15.4. The van der Waals surface area contributed by atoms with E-state index in [0.717, 1.165) is 52.3 Å². The maximum Gasteiger partial charge on any atom is 0.173 e. The van der Waals surface area contributed by atoms with E-state index in [-0.39, 0.29) is 13.0 Å². The Hall–Kier alpha value is -4.81. The van der Waals surface area contributed by atoms with Gasteiger partial charge in [0, 0.05) is 23.3 Å². The van der Waals surface area contributed by atoms with Crippen LogP contribution in [-0.2, 0) is 5.54 Å². The Labute approximate surface area is 327 Å². The number of halogens is 2. The summed E-state index contributed by atoms with van der Waals surface area (Å²) in [6, 6.07) is 29.7. The molecule has 0 atom stereocenters. The third kappa shape index (κ3) is 8.23. The molecule has 4 saturated carbocycles. The Morgan fingerprint density at radius 1 is 0.642 bits per heavy atom. The molecule has 3 aromatic carbocycles. The summed E-state index contributed by atoms with van der Waals surface area (Å²) >= 11 is 7.06. The number of rotatable bonds is 7. The van der Waals surface area contributed by atoms with Crippen molar-refractivity contribution >= 4 is 31.9 Å². The van der Waals surface area contributed by atoms with Gasteiger partial charge in [0.25, 0.3) is 0 Å². The minimum Gasteiger partial charge on any atom is -0.320 e. The van der Waals surface area contributed by atoms with Gasteiger partial charge < -0.3 is 10.3 Å². The minimum absolute atomic E-state index is 0. The molecule has 2 N–H and O–H groups in total. The lowest BCUT2D eigenvalue weighted by atomic mass is 10.1. The summed E-state index contributed by atoms with van der Waals surface area (Å²) in [5.74, 6) is 2.25. The van der Waals surface area contributed by atoms with Crippen LogP contribution in [0.2, 0.25) is 0 Å². The van der Waals surface area contributed by atoms with Crippen molar-refractivity contribution in [3.8, 4) is 29.2 Å². The smallest absolute Gasteiger partial charge is 0.173 e. The van der Waals surface area contributed by atoms with Crippen LogP contribution in [0.15, 0.2) is 107 Å². The summed E-state index contributed by atoms with van der Waals surface area (Å²) in [4.78, 5) is 12.6. The van der Waals surface area contributed by atoms with Crippen LogP contribution in [0.25, 0.3) is 17.1 Å². The molecule has 10 rings (SSSR count). The zero-order chi connectivity index (χ0) is 35.8. The van der Waals surface area contributed by atoms with Gasteiger partial charge >= 0.3 is 0 Å². The predicted molar refractivity (Wildman–Crippen MR) is 213 cm³/mol. The highest BCUT2D eigenvalue weighted by molar-refractivity contribution is 9.10. The number of aromatic nitrogens is 6. The van der Waals surface area contributed by atoms with Gasteiger partial charge in [-0.25, -0.2) is 15.0 Å². The molecule has 11 heteroatoms. The number of imidazole rings is 3. The molecular weight excluding hydrogens is 790 g/mol. The quantitative estimate of drug-likeness (QED) is 0.171. The fourth-order valence-corrected chi connectivity index (χ4v) is 7.66. The number of benzene rings is 3. The van der Waals surface area contributed by atoms with Gasteiger partial charge in [0.2, 0.25) is 0 Å². The summed E-state index contributed by atoms with van der Waals surface area (Å²) in [6.45, 7) is 0. The van der Waals surface area contributed by atoms with Crippen LogP contribution < -0.4 is 5.73 Å². The van der Waals surface area contributed by atoms with Crippen LogP contribution in [0.4, 0.5) is 0 Å². The highest BCUT2D eigenvalue weighted by Gasteiger charge is 2.44. The number of nitrogens with two attached hydrogens (primary N) is 1. The van der Waals surface area contributed by atoms with Crippen LogP contribution in [0.3, 0.4) is 0 Å². The third-order valence-electron chi connectivity index (χ3n) is 10.1. The molecule has 4 aliphatic rings. The Kier molecular flexibility index (Phi) is 10.5. The largest absolute Gasteiger partial charge is 0.320 e. The third-order valence-corrected chi connectivity index (χ3v) is 11.6. The van der Waals surface area contributed by atoms with Crippen molar-refractivity contribution in [3.05, 3.63) is 141 Å². The van der Waals surface area contributed by atoms with Crippen molar-refractivity contribution in [2.75, 3.05) is 0 Å². The topological polar surface area (TPSA) is 127 Å².